The van der Waals surface area contributed by atoms with Gasteiger partial charge in [0.2, 0.25) is 11.7 Å². The summed E-state index contributed by atoms with van der Waals surface area (Å²) in [6.07, 6.45) is 0.626. The second-order valence-electron chi connectivity index (χ2n) is 6.35. The molecule has 0 radical (unpaired) electrons. The molecule has 0 aliphatic rings. The van der Waals surface area contributed by atoms with E-state index >= 15 is 0 Å². The van der Waals surface area contributed by atoms with Crippen LogP contribution in [0.25, 0.3) is 11.4 Å². The standard InChI is InChI=1S/C20H23N3O3S/c1-5-19-21-20(22-26-19)16-11-10-15(4)18(13-16)27(24,25)23(6-2)17-9-7-8-14(3)12-17/h7-13H,5-6H2,1-4H3. The lowest BCUT2D eigenvalue weighted by atomic mass is 10.1. The van der Waals surface area contributed by atoms with E-state index in [0.717, 1.165) is 5.56 Å². The molecule has 1 aromatic heterocycles. The van der Waals surface area contributed by atoms with Crippen LogP contribution in [0.1, 0.15) is 30.9 Å². The van der Waals surface area contributed by atoms with Crippen LogP contribution in [-0.2, 0) is 16.4 Å². The van der Waals surface area contributed by atoms with Crippen LogP contribution in [0.2, 0.25) is 0 Å². The molecule has 2 aromatic carbocycles. The van der Waals surface area contributed by atoms with Crippen molar-refractivity contribution in [1.29, 1.82) is 0 Å². The number of anilines is 1. The minimum Gasteiger partial charge on any atom is -0.339 e. The Kier molecular flexibility index (Phi) is 5.32. The Morgan fingerprint density at radius 3 is 2.48 bits per heavy atom. The van der Waals surface area contributed by atoms with Crippen molar-refractivity contribution in [2.24, 2.45) is 0 Å². The van der Waals surface area contributed by atoms with Crippen molar-refractivity contribution >= 4 is 15.7 Å². The van der Waals surface area contributed by atoms with Gasteiger partial charge in [0.05, 0.1) is 10.6 Å². The molecule has 0 fully saturated rings. The molecule has 0 bridgehead atoms. The maximum atomic E-state index is 13.4. The van der Waals surface area contributed by atoms with Crippen LogP contribution in [0.4, 0.5) is 5.69 Å². The fourth-order valence-electron chi connectivity index (χ4n) is 2.93. The SMILES string of the molecule is CCc1nc(-c2ccc(C)c(S(=O)(=O)N(CC)c3cccc(C)c3)c2)no1. The lowest BCUT2D eigenvalue weighted by Gasteiger charge is -2.24. The topological polar surface area (TPSA) is 76.3 Å². The van der Waals surface area contributed by atoms with Crippen LogP contribution in [0.5, 0.6) is 0 Å². The van der Waals surface area contributed by atoms with Crippen LogP contribution in [-0.4, -0.2) is 25.1 Å². The van der Waals surface area contributed by atoms with Gasteiger partial charge in [0.25, 0.3) is 10.0 Å². The van der Waals surface area contributed by atoms with Crippen molar-refractivity contribution in [1.82, 2.24) is 10.1 Å². The molecule has 7 heteroatoms. The summed E-state index contributed by atoms with van der Waals surface area (Å²) in [6, 6.07) is 12.7. The fraction of sp³-hybridized carbons (Fsp3) is 0.300. The maximum absolute atomic E-state index is 13.4. The van der Waals surface area contributed by atoms with Crippen molar-refractivity contribution in [2.75, 3.05) is 10.8 Å². The molecule has 0 saturated carbocycles. The van der Waals surface area contributed by atoms with E-state index < -0.39 is 10.0 Å². The number of aryl methyl sites for hydroxylation is 3. The van der Waals surface area contributed by atoms with E-state index in [2.05, 4.69) is 10.1 Å². The second kappa shape index (κ2) is 7.52. The lowest BCUT2D eigenvalue weighted by molar-refractivity contribution is 0.383. The summed E-state index contributed by atoms with van der Waals surface area (Å²) in [5, 5.41) is 3.95. The minimum absolute atomic E-state index is 0.242. The van der Waals surface area contributed by atoms with Crippen LogP contribution < -0.4 is 4.31 Å². The van der Waals surface area contributed by atoms with E-state index in [0.29, 0.717) is 41.5 Å². The van der Waals surface area contributed by atoms with Gasteiger partial charge in [0.15, 0.2) is 0 Å². The molecular formula is C20H23N3O3S. The molecule has 27 heavy (non-hydrogen) atoms. The average molecular weight is 385 g/mol. The summed E-state index contributed by atoms with van der Waals surface area (Å²) in [5.74, 6) is 0.909. The molecule has 3 rings (SSSR count). The molecule has 0 N–H and O–H groups in total. The fourth-order valence-corrected chi connectivity index (χ4v) is 4.65. The molecule has 0 unspecified atom stereocenters. The van der Waals surface area contributed by atoms with Gasteiger partial charge in [-0.15, -0.1) is 0 Å². The third-order valence-electron chi connectivity index (χ3n) is 4.36. The van der Waals surface area contributed by atoms with Crippen LogP contribution >= 0.6 is 0 Å². The zero-order chi connectivity index (χ0) is 19.6. The Morgan fingerprint density at radius 1 is 1.07 bits per heavy atom. The molecule has 3 aromatic rings. The van der Waals surface area contributed by atoms with Gasteiger partial charge in [-0.3, -0.25) is 4.31 Å². The zero-order valence-electron chi connectivity index (χ0n) is 15.9. The Bertz CT molecular complexity index is 1060. The number of hydrogen-bond donors (Lipinski definition) is 0. The molecule has 0 atom stereocenters. The van der Waals surface area contributed by atoms with E-state index in [1.807, 2.05) is 45.0 Å². The van der Waals surface area contributed by atoms with Crippen molar-refractivity contribution in [3.8, 4) is 11.4 Å². The first-order valence-electron chi connectivity index (χ1n) is 8.89. The van der Waals surface area contributed by atoms with E-state index in [-0.39, 0.29) is 4.90 Å². The number of benzene rings is 2. The summed E-state index contributed by atoms with van der Waals surface area (Å²) < 4.78 is 33.4. The number of sulfonamides is 1. The number of rotatable bonds is 6. The van der Waals surface area contributed by atoms with E-state index in [4.69, 9.17) is 4.52 Å². The summed E-state index contributed by atoms with van der Waals surface area (Å²) in [4.78, 5) is 4.54. The highest BCUT2D eigenvalue weighted by atomic mass is 32.2. The highest BCUT2D eigenvalue weighted by Crippen LogP contribution is 2.29. The molecular weight excluding hydrogens is 362 g/mol. The highest BCUT2D eigenvalue weighted by Gasteiger charge is 2.26. The van der Waals surface area contributed by atoms with Crippen molar-refractivity contribution in [3.05, 3.63) is 59.5 Å². The van der Waals surface area contributed by atoms with Crippen molar-refractivity contribution < 1.29 is 12.9 Å². The van der Waals surface area contributed by atoms with E-state index in [1.165, 1.54) is 4.31 Å². The predicted octanol–water partition coefficient (Wildman–Crippen LogP) is 4.13. The van der Waals surface area contributed by atoms with E-state index in [1.54, 1.807) is 25.1 Å². The Morgan fingerprint density at radius 2 is 1.85 bits per heavy atom. The van der Waals surface area contributed by atoms with E-state index in [9.17, 15) is 8.42 Å². The summed E-state index contributed by atoms with van der Waals surface area (Å²) in [6.45, 7) is 7.80. The third kappa shape index (κ3) is 3.73. The lowest BCUT2D eigenvalue weighted by Crippen LogP contribution is -2.31. The molecule has 0 aliphatic heterocycles. The smallest absolute Gasteiger partial charge is 0.264 e. The van der Waals surface area contributed by atoms with Gasteiger partial charge >= 0.3 is 0 Å². The quantitative estimate of drug-likeness (QED) is 0.638. The molecule has 142 valence electrons. The van der Waals surface area contributed by atoms with Crippen LogP contribution in [0, 0.1) is 13.8 Å². The highest BCUT2D eigenvalue weighted by molar-refractivity contribution is 7.92. The van der Waals surface area contributed by atoms with Gasteiger partial charge < -0.3 is 4.52 Å². The third-order valence-corrected chi connectivity index (χ3v) is 6.41. The second-order valence-corrected chi connectivity index (χ2v) is 8.19. The zero-order valence-corrected chi connectivity index (χ0v) is 16.7. The first kappa shape index (κ1) is 19.1. The number of hydrogen-bond acceptors (Lipinski definition) is 5. The molecule has 0 saturated heterocycles. The van der Waals surface area contributed by atoms with Crippen LogP contribution in [0.3, 0.4) is 0 Å². The molecule has 1 heterocycles. The summed E-state index contributed by atoms with van der Waals surface area (Å²) in [5.41, 5.74) is 2.94. The average Bonchev–Trinajstić information content (AvgIpc) is 3.11. The largest absolute Gasteiger partial charge is 0.339 e. The maximum Gasteiger partial charge on any atom is 0.264 e. The Labute approximate surface area is 159 Å². The summed E-state index contributed by atoms with van der Waals surface area (Å²) in [7, 11) is -3.73. The number of aromatic nitrogens is 2. The Balaban J connectivity index is 2.08. The van der Waals surface area contributed by atoms with Gasteiger partial charge in [0.1, 0.15) is 0 Å². The van der Waals surface area contributed by atoms with Gasteiger partial charge in [-0.1, -0.05) is 36.3 Å². The van der Waals surface area contributed by atoms with Crippen molar-refractivity contribution in [2.45, 2.75) is 39.0 Å². The van der Waals surface area contributed by atoms with Gasteiger partial charge in [-0.2, -0.15) is 4.98 Å². The normalized spacial score (nSPS) is 11.6. The first-order valence-corrected chi connectivity index (χ1v) is 10.3. The molecule has 0 aliphatic carbocycles. The van der Waals surface area contributed by atoms with Gasteiger partial charge in [-0.25, -0.2) is 8.42 Å². The Hall–Kier alpha value is -2.67. The van der Waals surface area contributed by atoms with Crippen LogP contribution in [0.15, 0.2) is 51.9 Å². The minimum atomic E-state index is -3.73. The summed E-state index contributed by atoms with van der Waals surface area (Å²) >= 11 is 0. The first-order chi connectivity index (χ1) is 12.9. The monoisotopic (exact) mass is 385 g/mol. The molecule has 0 spiro atoms. The predicted molar refractivity (Wildman–Crippen MR) is 105 cm³/mol. The number of nitrogens with zero attached hydrogens (tertiary/aromatic N) is 3. The molecule has 6 nitrogen and oxygen atoms in total. The van der Waals surface area contributed by atoms with Gasteiger partial charge in [-0.05, 0) is 50.1 Å². The van der Waals surface area contributed by atoms with Crippen molar-refractivity contribution in [3.63, 3.8) is 0 Å². The van der Waals surface area contributed by atoms with Gasteiger partial charge in [0, 0.05) is 18.5 Å². The molecule has 0 amide bonds.